The van der Waals surface area contributed by atoms with Crippen LogP contribution in [0.15, 0.2) is 12.3 Å². The fourth-order valence-corrected chi connectivity index (χ4v) is 1.49. The number of aldehydes is 1. The van der Waals surface area contributed by atoms with E-state index in [9.17, 15) is 9.59 Å². The molecule has 0 aliphatic heterocycles. The van der Waals surface area contributed by atoms with Gasteiger partial charge in [0.1, 0.15) is 0 Å². The number of rotatable bonds is 3. The third-order valence-corrected chi connectivity index (χ3v) is 2.62. The second-order valence-electron chi connectivity index (χ2n) is 5.63. The lowest BCUT2D eigenvalue weighted by atomic mass is 9.95. The molecule has 98 valence electrons. The number of amides is 1. The summed E-state index contributed by atoms with van der Waals surface area (Å²) in [6, 6.07) is 1.65. The van der Waals surface area contributed by atoms with Crippen LogP contribution in [0.1, 0.15) is 56.6 Å². The first-order valence-electron chi connectivity index (χ1n) is 6.03. The van der Waals surface area contributed by atoms with Crippen LogP contribution in [0.25, 0.3) is 0 Å². The Morgan fingerprint density at radius 3 is 2.44 bits per heavy atom. The van der Waals surface area contributed by atoms with Gasteiger partial charge in [-0.25, -0.2) is 0 Å². The Bertz CT molecular complexity index is 459. The van der Waals surface area contributed by atoms with Gasteiger partial charge in [-0.3, -0.25) is 14.6 Å². The van der Waals surface area contributed by atoms with Gasteiger partial charge in [-0.2, -0.15) is 0 Å². The first-order valence-corrected chi connectivity index (χ1v) is 6.03. The highest BCUT2D eigenvalue weighted by Crippen LogP contribution is 2.24. The fraction of sp³-hybridized carbons (Fsp3) is 0.500. The second-order valence-corrected chi connectivity index (χ2v) is 5.63. The van der Waals surface area contributed by atoms with Crippen LogP contribution in [-0.4, -0.2) is 17.2 Å². The summed E-state index contributed by atoms with van der Waals surface area (Å²) in [5.41, 5.74) is 1.20. The number of anilines is 1. The van der Waals surface area contributed by atoms with Crippen molar-refractivity contribution in [3.05, 3.63) is 23.5 Å². The molecule has 0 saturated carbocycles. The molecule has 0 aliphatic carbocycles. The zero-order chi connectivity index (χ0) is 13.9. The van der Waals surface area contributed by atoms with Crippen molar-refractivity contribution >= 4 is 17.9 Å². The van der Waals surface area contributed by atoms with E-state index in [-0.39, 0.29) is 11.8 Å². The van der Waals surface area contributed by atoms with Crippen LogP contribution < -0.4 is 5.32 Å². The van der Waals surface area contributed by atoms with Crippen molar-refractivity contribution in [1.29, 1.82) is 0 Å². The van der Waals surface area contributed by atoms with Crippen molar-refractivity contribution in [2.75, 3.05) is 5.32 Å². The molecule has 0 radical (unpaired) electrons. The number of pyridine rings is 1. The van der Waals surface area contributed by atoms with Crippen LogP contribution in [0.2, 0.25) is 0 Å². The fourth-order valence-electron chi connectivity index (χ4n) is 1.49. The minimum absolute atomic E-state index is 0.119. The number of carbonyl (C=O) groups excluding carboxylic acids is 2. The number of hydrogen-bond donors (Lipinski definition) is 1. The standard InChI is InChI=1S/C14H20N2O2/c1-9(2)12-10(8-17)11(6-7-15-12)16-13(18)14(3,4)5/h6-9H,1-5H3,(H,15,16,18). The molecule has 1 aromatic heterocycles. The smallest absolute Gasteiger partial charge is 0.229 e. The monoisotopic (exact) mass is 248 g/mol. The van der Waals surface area contributed by atoms with Gasteiger partial charge in [0.05, 0.1) is 16.9 Å². The van der Waals surface area contributed by atoms with Crippen molar-refractivity contribution < 1.29 is 9.59 Å². The van der Waals surface area contributed by atoms with Crippen molar-refractivity contribution in [2.24, 2.45) is 5.41 Å². The molecule has 0 unspecified atom stereocenters. The summed E-state index contributed by atoms with van der Waals surface area (Å²) in [7, 11) is 0. The van der Waals surface area contributed by atoms with Gasteiger partial charge in [0.25, 0.3) is 0 Å². The molecule has 1 N–H and O–H groups in total. The first-order chi connectivity index (χ1) is 8.27. The van der Waals surface area contributed by atoms with Crippen molar-refractivity contribution in [1.82, 2.24) is 4.98 Å². The quantitative estimate of drug-likeness (QED) is 0.836. The molecule has 0 spiro atoms. The summed E-state index contributed by atoms with van der Waals surface area (Å²) >= 11 is 0. The normalized spacial score (nSPS) is 11.4. The minimum Gasteiger partial charge on any atom is -0.325 e. The van der Waals surface area contributed by atoms with Crippen LogP contribution >= 0.6 is 0 Å². The van der Waals surface area contributed by atoms with Crippen LogP contribution in [0.4, 0.5) is 5.69 Å². The van der Waals surface area contributed by atoms with E-state index < -0.39 is 5.41 Å². The maximum Gasteiger partial charge on any atom is 0.229 e. The zero-order valence-corrected chi connectivity index (χ0v) is 11.6. The molecule has 0 aromatic carbocycles. The molecular weight excluding hydrogens is 228 g/mol. The SMILES string of the molecule is CC(C)c1nccc(NC(=O)C(C)(C)C)c1C=O. The molecular formula is C14H20N2O2. The highest BCUT2D eigenvalue weighted by Gasteiger charge is 2.23. The van der Waals surface area contributed by atoms with Gasteiger partial charge < -0.3 is 5.32 Å². The Morgan fingerprint density at radius 1 is 1.39 bits per heavy atom. The van der Waals surface area contributed by atoms with Crippen LogP contribution in [0.3, 0.4) is 0 Å². The Hall–Kier alpha value is -1.71. The lowest BCUT2D eigenvalue weighted by Crippen LogP contribution is -2.28. The van der Waals surface area contributed by atoms with Gasteiger partial charge in [0.15, 0.2) is 6.29 Å². The van der Waals surface area contributed by atoms with Crippen LogP contribution in [0, 0.1) is 5.41 Å². The molecule has 1 rings (SSSR count). The molecule has 0 fully saturated rings. The summed E-state index contributed by atoms with van der Waals surface area (Å²) in [6.07, 6.45) is 2.36. The van der Waals surface area contributed by atoms with Crippen molar-refractivity contribution in [2.45, 2.75) is 40.5 Å². The average molecular weight is 248 g/mol. The van der Waals surface area contributed by atoms with E-state index in [1.807, 2.05) is 34.6 Å². The third-order valence-electron chi connectivity index (χ3n) is 2.62. The number of hydrogen-bond acceptors (Lipinski definition) is 3. The van der Waals surface area contributed by atoms with E-state index in [4.69, 9.17) is 0 Å². The van der Waals surface area contributed by atoms with Gasteiger partial charge in [-0.15, -0.1) is 0 Å². The van der Waals surface area contributed by atoms with E-state index in [0.29, 0.717) is 16.9 Å². The van der Waals surface area contributed by atoms with Crippen LogP contribution in [-0.2, 0) is 4.79 Å². The Kier molecular flexibility index (Phi) is 4.22. The average Bonchev–Trinajstić information content (AvgIpc) is 2.27. The maximum atomic E-state index is 11.9. The lowest BCUT2D eigenvalue weighted by Gasteiger charge is -2.19. The second kappa shape index (κ2) is 5.29. The van der Waals surface area contributed by atoms with E-state index in [1.54, 1.807) is 12.3 Å². The summed E-state index contributed by atoms with van der Waals surface area (Å²) in [4.78, 5) is 27.3. The summed E-state index contributed by atoms with van der Waals surface area (Å²) in [5.74, 6) is 0.0168. The predicted octanol–water partition coefficient (Wildman–Crippen LogP) is 3.00. The molecule has 0 aliphatic rings. The largest absolute Gasteiger partial charge is 0.325 e. The van der Waals surface area contributed by atoms with E-state index in [1.165, 1.54) is 0 Å². The molecule has 1 amide bonds. The highest BCUT2D eigenvalue weighted by atomic mass is 16.2. The molecule has 0 bridgehead atoms. The summed E-state index contributed by atoms with van der Waals surface area (Å²) < 4.78 is 0. The predicted molar refractivity (Wildman–Crippen MR) is 71.8 cm³/mol. The Morgan fingerprint density at radius 2 is 2.00 bits per heavy atom. The summed E-state index contributed by atoms with van der Waals surface area (Å²) in [5, 5.41) is 2.79. The van der Waals surface area contributed by atoms with E-state index >= 15 is 0 Å². The molecule has 18 heavy (non-hydrogen) atoms. The third kappa shape index (κ3) is 3.15. The number of carbonyl (C=O) groups is 2. The van der Waals surface area contributed by atoms with Gasteiger partial charge in [-0.05, 0) is 12.0 Å². The van der Waals surface area contributed by atoms with Gasteiger partial charge >= 0.3 is 0 Å². The lowest BCUT2D eigenvalue weighted by molar-refractivity contribution is -0.123. The van der Waals surface area contributed by atoms with E-state index in [2.05, 4.69) is 10.3 Å². The number of nitrogens with zero attached hydrogens (tertiary/aromatic N) is 1. The van der Waals surface area contributed by atoms with E-state index in [0.717, 1.165) is 6.29 Å². The van der Waals surface area contributed by atoms with Gasteiger partial charge in [0, 0.05) is 11.6 Å². The first kappa shape index (κ1) is 14.4. The molecule has 4 heteroatoms. The molecule has 0 saturated heterocycles. The van der Waals surface area contributed by atoms with Gasteiger partial charge in [-0.1, -0.05) is 34.6 Å². The van der Waals surface area contributed by atoms with Gasteiger partial charge in [0.2, 0.25) is 5.91 Å². The number of nitrogens with one attached hydrogen (secondary N) is 1. The molecule has 4 nitrogen and oxygen atoms in total. The summed E-state index contributed by atoms with van der Waals surface area (Å²) in [6.45, 7) is 9.41. The molecule has 1 aromatic rings. The number of aromatic nitrogens is 1. The molecule has 1 heterocycles. The Balaban J connectivity index is 3.14. The zero-order valence-electron chi connectivity index (χ0n) is 11.6. The Labute approximate surface area is 108 Å². The maximum absolute atomic E-state index is 11.9. The van der Waals surface area contributed by atoms with Crippen LogP contribution in [0.5, 0.6) is 0 Å². The highest BCUT2D eigenvalue weighted by molar-refractivity contribution is 5.99. The van der Waals surface area contributed by atoms with Crippen molar-refractivity contribution in [3.63, 3.8) is 0 Å². The topological polar surface area (TPSA) is 59.1 Å². The molecule has 0 atom stereocenters. The van der Waals surface area contributed by atoms with Crippen molar-refractivity contribution in [3.8, 4) is 0 Å². The minimum atomic E-state index is -0.499.